The van der Waals surface area contributed by atoms with Crippen molar-refractivity contribution in [3.05, 3.63) is 34.9 Å². The molecular weight excluding hydrogens is 340 g/mol. The number of furan rings is 1. The minimum absolute atomic E-state index is 0.00612. The molecule has 1 N–H and O–H groups in total. The van der Waals surface area contributed by atoms with Crippen LogP contribution in [0.15, 0.2) is 38.1 Å². The molecule has 1 aromatic carbocycles. The van der Waals surface area contributed by atoms with Crippen LogP contribution in [0.1, 0.15) is 20.8 Å². The number of hydrogen-bond acceptors (Lipinski definition) is 7. The maximum Gasteiger partial charge on any atom is 0.336 e. The highest BCUT2D eigenvalue weighted by Crippen LogP contribution is 2.42. The summed E-state index contributed by atoms with van der Waals surface area (Å²) in [5.41, 5.74) is -0.636. The fourth-order valence-electron chi connectivity index (χ4n) is 2.85. The summed E-state index contributed by atoms with van der Waals surface area (Å²) in [6.07, 6.45) is 0.634. The molecule has 2 aromatic heterocycles. The number of rotatable bonds is 7. The van der Waals surface area contributed by atoms with Crippen LogP contribution in [0, 0.1) is 0 Å². The van der Waals surface area contributed by atoms with Crippen LogP contribution in [0.5, 0.6) is 11.5 Å². The third-order valence-electron chi connectivity index (χ3n) is 4.31. The summed E-state index contributed by atoms with van der Waals surface area (Å²) in [5, 5.41) is 11.6. The van der Waals surface area contributed by atoms with Gasteiger partial charge in [-0.15, -0.1) is 0 Å². The van der Waals surface area contributed by atoms with Crippen LogP contribution in [0.4, 0.5) is 0 Å². The third kappa shape index (κ3) is 3.15. The minimum Gasteiger partial charge on any atom is -0.490 e. The topological polar surface area (TPSA) is 91.3 Å². The predicted octanol–water partition coefficient (Wildman–Crippen LogP) is 3.10. The maximum atomic E-state index is 11.7. The molecule has 0 aliphatic carbocycles. The van der Waals surface area contributed by atoms with Gasteiger partial charge in [0.25, 0.3) is 0 Å². The molecule has 0 radical (unpaired) electrons. The van der Waals surface area contributed by atoms with Crippen molar-refractivity contribution in [3.63, 3.8) is 0 Å². The Bertz CT molecular complexity index is 967. The van der Waals surface area contributed by atoms with Gasteiger partial charge in [-0.3, -0.25) is 0 Å². The van der Waals surface area contributed by atoms with E-state index in [9.17, 15) is 9.90 Å². The molecule has 26 heavy (non-hydrogen) atoms. The van der Waals surface area contributed by atoms with E-state index in [0.717, 1.165) is 0 Å². The van der Waals surface area contributed by atoms with Crippen LogP contribution >= 0.6 is 0 Å². The number of hydrogen-bond donors (Lipinski definition) is 1. The summed E-state index contributed by atoms with van der Waals surface area (Å²) in [7, 11) is 1.47. The Balaban J connectivity index is 2.07. The number of benzene rings is 1. The average molecular weight is 362 g/mol. The zero-order valence-electron chi connectivity index (χ0n) is 15.2. The molecule has 140 valence electrons. The van der Waals surface area contributed by atoms with Crippen molar-refractivity contribution in [1.29, 1.82) is 0 Å². The van der Waals surface area contributed by atoms with Crippen molar-refractivity contribution in [2.75, 3.05) is 20.3 Å². The number of aliphatic hydroxyl groups excluding tert-OH is 1. The van der Waals surface area contributed by atoms with Crippen molar-refractivity contribution in [2.24, 2.45) is 0 Å². The van der Waals surface area contributed by atoms with Gasteiger partial charge < -0.3 is 28.2 Å². The molecule has 7 heteroatoms. The molecule has 7 nitrogen and oxygen atoms in total. The van der Waals surface area contributed by atoms with Crippen LogP contribution in [0.3, 0.4) is 0 Å². The molecule has 0 aliphatic heterocycles. The normalized spacial score (nSPS) is 13.3. The third-order valence-corrected chi connectivity index (χ3v) is 4.31. The van der Waals surface area contributed by atoms with Gasteiger partial charge in [0.1, 0.15) is 18.5 Å². The largest absolute Gasteiger partial charge is 0.490 e. The molecule has 0 unspecified atom stereocenters. The van der Waals surface area contributed by atoms with E-state index in [1.807, 2.05) is 6.92 Å². The summed E-state index contributed by atoms with van der Waals surface area (Å²) in [4.78, 5) is 11.7. The van der Waals surface area contributed by atoms with Gasteiger partial charge in [-0.1, -0.05) is 0 Å². The zero-order valence-corrected chi connectivity index (χ0v) is 15.2. The lowest BCUT2D eigenvalue weighted by atomic mass is 10.0. The van der Waals surface area contributed by atoms with E-state index in [0.29, 0.717) is 34.5 Å². The Morgan fingerprint density at radius 1 is 1.15 bits per heavy atom. The monoisotopic (exact) mass is 362 g/mol. The van der Waals surface area contributed by atoms with Gasteiger partial charge in [-0.25, -0.2) is 4.79 Å². The zero-order chi connectivity index (χ0) is 18.9. The van der Waals surface area contributed by atoms with Gasteiger partial charge in [-0.2, -0.15) is 0 Å². The van der Waals surface area contributed by atoms with Crippen molar-refractivity contribution in [1.82, 2.24) is 0 Å². The molecule has 2 heterocycles. The highest BCUT2D eigenvalue weighted by atomic mass is 16.5. The van der Waals surface area contributed by atoms with Gasteiger partial charge in [-0.05, 0) is 32.9 Å². The maximum absolute atomic E-state index is 11.7. The molecule has 0 saturated carbocycles. The van der Waals surface area contributed by atoms with Crippen LogP contribution in [0.2, 0.25) is 0 Å². The highest BCUT2D eigenvalue weighted by Gasteiger charge is 2.30. The van der Waals surface area contributed by atoms with E-state index in [2.05, 4.69) is 0 Å². The highest BCUT2D eigenvalue weighted by molar-refractivity contribution is 6.06. The van der Waals surface area contributed by atoms with Crippen LogP contribution in [0.25, 0.3) is 21.9 Å². The first-order chi connectivity index (χ1) is 12.4. The number of methoxy groups -OCH3 is 1. The Morgan fingerprint density at radius 3 is 2.58 bits per heavy atom. The standard InChI is InChI=1S/C19H22O7/c1-5-25-19(2,3)13(20)10-24-15-11-6-7-14(21)26-17(11)18(22-4)16-12(15)8-9-23-16/h6-9,13,20H,5,10H2,1-4H3/t13-/m0/s1. The van der Waals surface area contributed by atoms with E-state index >= 15 is 0 Å². The molecular formula is C19H22O7. The van der Waals surface area contributed by atoms with E-state index < -0.39 is 17.3 Å². The lowest BCUT2D eigenvalue weighted by molar-refractivity contribution is -0.108. The minimum atomic E-state index is -0.864. The number of ether oxygens (including phenoxy) is 3. The lowest BCUT2D eigenvalue weighted by Gasteiger charge is -2.30. The predicted molar refractivity (Wildman–Crippen MR) is 96.0 cm³/mol. The van der Waals surface area contributed by atoms with Gasteiger partial charge in [0.15, 0.2) is 11.2 Å². The SMILES string of the molecule is CCOC(C)(C)[C@@H](O)COc1c2ccoc2c(OC)c2oc(=O)ccc12. The molecule has 0 aliphatic rings. The van der Waals surface area contributed by atoms with E-state index in [-0.39, 0.29) is 12.2 Å². The summed E-state index contributed by atoms with van der Waals surface area (Å²) < 4.78 is 27.6. The summed E-state index contributed by atoms with van der Waals surface area (Å²) >= 11 is 0. The number of fused-ring (bicyclic) bond motifs is 2. The molecule has 0 fully saturated rings. The molecule has 0 spiro atoms. The van der Waals surface area contributed by atoms with E-state index in [1.54, 1.807) is 26.0 Å². The average Bonchev–Trinajstić information content (AvgIpc) is 3.07. The van der Waals surface area contributed by atoms with Gasteiger partial charge in [0.2, 0.25) is 5.75 Å². The second-order valence-corrected chi connectivity index (χ2v) is 6.39. The Kier molecular flexibility index (Phi) is 4.93. The van der Waals surface area contributed by atoms with Gasteiger partial charge >= 0.3 is 5.63 Å². The first kappa shape index (κ1) is 18.3. The van der Waals surface area contributed by atoms with Gasteiger partial charge in [0.05, 0.1) is 29.7 Å². The second kappa shape index (κ2) is 7.01. The molecule has 0 amide bonds. The van der Waals surface area contributed by atoms with Crippen molar-refractivity contribution in [2.45, 2.75) is 32.5 Å². The fourth-order valence-corrected chi connectivity index (χ4v) is 2.85. The first-order valence-corrected chi connectivity index (χ1v) is 8.35. The van der Waals surface area contributed by atoms with Crippen LogP contribution < -0.4 is 15.1 Å². The smallest absolute Gasteiger partial charge is 0.336 e. The van der Waals surface area contributed by atoms with Crippen LogP contribution in [-0.4, -0.2) is 37.1 Å². The summed E-state index contributed by atoms with van der Waals surface area (Å²) in [6, 6.07) is 4.64. The first-order valence-electron chi connectivity index (χ1n) is 8.35. The molecule has 1 atom stereocenters. The summed E-state index contributed by atoms with van der Waals surface area (Å²) in [5.74, 6) is 0.764. The fraction of sp³-hybridized carbons (Fsp3) is 0.421. The van der Waals surface area contributed by atoms with Gasteiger partial charge in [0, 0.05) is 12.7 Å². The second-order valence-electron chi connectivity index (χ2n) is 6.39. The Labute approximate surface area is 150 Å². The van der Waals surface area contributed by atoms with Crippen molar-refractivity contribution >= 4 is 21.9 Å². The van der Waals surface area contributed by atoms with Crippen molar-refractivity contribution in [3.8, 4) is 11.5 Å². The molecule has 0 bridgehead atoms. The summed E-state index contributed by atoms with van der Waals surface area (Å²) in [6.45, 7) is 5.93. The Morgan fingerprint density at radius 2 is 1.88 bits per heavy atom. The lowest BCUT2D eigenvalue weighted by Crippen LogP contribution is -2.42. The quantitative estimate of drug-likeness (QED) is 0.646. The van der Waals surface area contributed by atoms with Crippen LogP contribution in [-0.2, 0) is 4.74 Å². The van der Waals surface area contributed by atoms with E-state index in [1.165, 1.54) is 19.4 Å². The molecule has 3 aromatic rings. The van der Waals surface area contributed by atoms with Crippen molar-refractivity contribution < 1.29 is 28.2 Å². The molecule has 3 rings (SSSR count). The van der Waals surface area contributed by atoms with E-state index in [4.69, 9.17) is 23.0 Å². The molecule has 0 saturated heterocycles. The Hall–Kier alpha value is -2.51. The number of aliphatic hydroxyl groups is 1.